The van der Waals surface area contributed by atoms with E-state index in [9.17, 15) is 9.65 Å². The van der Waals surface area contributed by atoms with E-state index < -0.39 is 11.6 Å². The minimum atomic E-state index is -0.640. The molecule has 2 aromatic heterocycles. The molecule has 0 unspecified atom stereocenters. The van der Waals surface area contributed by atoms with Crippen LogP contribution in [-0.4, -0.2) is 65.8 Å². The van der Waals surface area contributed by atoms with Crippen molar-refractivity contribution in [1.82, 2.24) is 19.4 Å². The minimum Gasteiger partial charge on any atom is -0.370 e. The molecular formula is C29H29F2N7. The first-order valence-corrected chi connectivity index (χ1v) is 13.1. The summed E-state index contributed by atoms with van der Waals surface area (Å²) in [6.45, 7) is 5.35. The van der Waals surface area contributed by atoms with Crippen LogP contribution >= 0.6 is 0 Å². The lowest BCUT2D eigenvalue weighted by molar-refractivity contribution is 0.313. The van der Waals surface area contributed by atoms with Gasteiger partial charge in [-0.25, -0.2) is 18.7 Å². The third kappa shape index (κ3) is 4.35. The fraction of sp³-hybridized carbons (Fsp3) is 0.345. The molecule has 4 aromatic rings. The summed E-state index contributed by atoms with van der Waals surface area (Å²) in [6, 6.07) is 13.4. The highest BCUT2D eigenvalue weighted by atomic mass is 19.1. The smallest absolute Gasteiger partial charge is 0.167 e. The van der Waals surface area contributed by atoms with Crippen LogP contribution in [0.5, 0.6) is 0 Å². The van der Waals surface area contributed by atoms with Gasteiger partial charge in [0, 0.05) is 56.7 Å². The van der Waals surface area contributed by atoms with E-state index >= 15 is 4.39 Å². The van der Waals surface area contributed by atoms with Crippen LogP contribution in [0.15, 0.2) is 48.7 Å². The Balaban J connectivity index is 1.51. The molecule has 2 aliphatic rings. The molecule has 9 heteroatoms. The average Bonchev–Trinajstić information content (AvgIpc) is 3.33. The van der Waals surface area contributed by atoms with E-state index in [1.807, 2.05) is 18.2 Å². The number of piperidine rings is 1. The second-order valence-corrected chi connectivity index (χ2v) is 10.1. The summed E-state index contributed by atoms with van der Waals surface area (Å²) in [7, 11) is 2.09. The summed E-state index contributed by atoms with van der Waals surface area (Å²) in [5.41, 5.74) is 3.64. The first kappa shape index (κ1) is 24.3. The van der Waals surface area contributed by atoms with Crippen molar-refractivity contribution in [3.8, 4) is 23.1 Å². The number of anilines is 2. The van der Waals surface area contributed by atoms with E-state index in [-0.39, 0.29) is 5.56 Å². The third-order valence-corrected chi connectivity index (χ3v) is 7.61. The zero-order valence-corrected chi connectivity index (χ0v) is 21.4. The Morgan fingerprint density at radius 2 is 1.61 bits per heavy atom. The normalized spacial score (nSPS) is 16.7. The van der Waals surface area contributed by atoms with Crippen molar-refractivity contribution in [1.29, 1.82) is 5.26 Å². The van der Waals surface area contributed by atoms with Gasteiger partial charge >= 0.3 is 0 Å². The molecule has 194 valence electrons. The Kier molecular flexibility index (Phi) is 6.42. The molecule has 2 aromatic carbocycles. The molecule has 0 aliphatic carbocycles. The number of aromatic nitrogens is 3. The van der Waals surface area contributed by atoms with E-state index in [0.717, 1.165) is 63.5 Å². The number of nitrogens with zero attached hydrogens (tertiary/aromatic N) is 7. The molecule has 0 amide bonds. The standard InChI is InChI=1S/C29H29F2N7/c1-35-13-15-36(16-14-35)22-7-8-25(24(31)18-22)38-28(20-5-6-21(19-32)23(30)17-20)34-27-26(9-10-33-29(27)38)37-11-3-2-4-12-37/h5-10,17-18H,2-4,11-16H2,1H3. The Bertz CT molecular complexity index is 1530. The number of fused-ring (bicyclic) bond motifs is 1. The van der Waals surface area contributed by atoms with Crippen molar-refractivity contribution in [2.45, 2.75) is 19.3 Å². The van der Waals surface area contributed by atoms with Crippen molar-refractivity contribution < 1.29 is 8.78 Å². The number of hydrogen-bond acceptors (Lipinski definition) is 6. The van der Waals surface area contributed by atoms with Gasteiger partial charge in [-0.05, 0) is 68.8 Å². The predicted octanol–water partition coefficient (Wildman–Crippen LogP) is 4.98. The first-order valence-electron chi connectivity index (χ1n) is 13.1. The molecule has 2 saturated heterocycles. The zero-order valence-electron chi connectivity index (χ0n) is 21.4. The number of pyridine rings is 1. The van der Waals surface area contributed by atoms with Gasteiger partial charge in [0.2, 0.25) is 0 Å². The summed E-state index contributed by atoms with van der Waals surface area (Å²) in [6.07, 6.45) is 5.12. The van der Waals surface area contributed by atoms with Gasteiger partial charge in [0.1, 0.15) is 29.0 Å². The van der Waals surface area contributed by atoms with Crippen LogP contribution < -0.4 is 9.80 Å². The fourth-order valence-corrected chi connectivity index (χ4v) is 5.46. The lowest BCUT2D eigenvalue weighted by atomic mass is 10.1. The van der Waals surface area contributed by atoms with Crippen LogP contribution in [0, 0.1) is 23.0 Å². The molecule has 2 aliphatic heterocycles. The van der Waals surface area contributed by atoms with Crippen molar-refractivity contribution in [3.05, 3.63) is 65.9 Å². The van der Waals surface area contributed by atoms with Crippen LogP contribution in [0.1, 0.15) is 24.8 Å². The Morgan fingerprint density at radius 3 is 2.32 bits per heavy atom. The number of benzene rings is 2. The molecule has 0 spiro atoms. The summed E-state index contributed by atoms with van der Waals surface area (Å²) < 4.78 is 32.2. The van der Waals surface area contributed by atoms with Crippen molar-refractivity contribution in [2.75, 3.05) is 56.1 Å². The maximum Gasteiger partial charge on any atom is 0.167 e. The summed E-state index contributed by atoms with van der Waals surface area (Å²) in [5.74, 6) is -0.661. The monoisotopic (exact) mass is 513 g/mol. The van der Waals surface area contributed by atoms with Gasteiger partial charge in [0.25, 0.3) is 0 Å². The third-order valence-electron chi connectivity index (χ3n) is 7.61. The fourth-order valence-electron chi connectivity index (χ4n) is 5.46. The number of hydrogen-bond donors (Lipinski definition) is 0. The highest BCUT2D eigenvalue weighted by Gasteiger charge is 2.24. The summed E-state index contributed by atoms with van der Waals surface area (Å²) in [4.78, 5) is 16.3. The van der Waals surface area contributed by atoms with Crippen LogP contribution in [0.4, 0.5) is 20.2 Å². The molecular weight excluding hydrogens is 484 g/mol. The number of likely N-dealkylation sites (N-methyl/N-ethyl adjacent to an activating group) is 1. The van der Waals surface area contributed by atoms with E-state index in [0.29, 0.717) is 28.2 Å². The molecule has 0 bridgehead atoms. The SMILES string of the molecule is CN1CCN(c2ccc(-n3c(-c4ccc(C#N)c(F)c4)nc4c(N5CCCCC5)ccnc43)c(F)c2)CC1. The number of halogens is 2. The molecule has 2 fully saturated rings. The highest BCUT2D eigenvalue weighted by molar-refractivity contribution is 5.90. The van der Waals surface area contributed by atoms with Crippen LogP contribution in [0.3, 0.4) is 0 Å². The predicted molar refractivity (Wildman–Crippen MR) is 145 cm³/mol. The van der Waals surface area contributed by atoms with Crippen LogP contribution in [-0.2, 0) is 0 Å². The number of nitriles is 1. The topological polar surface area (TPSA) is 64.2 Å². The van der Waals surface area contributed by atoms with Gasteiger partial charge < -0.3 is 14.7 Å². The lowest BCUT2D eigenvalue weighted by Crippen LogP contribution is -2.44. The van der Waals surface area contributed by atoms with Gasteiger partial charge in [-0.1, -0.05) is 0 Å². The van der Waals surface area contributed by atoms with Crippen molar-refractivity contribution in [3.63, 3.8) is 0 Å². The van der Waals surface area contributed by atoms with Gasteiger partial charge in [0.05, 0.1) is 16.9 Å². The van der Waals surface area contributed by atoms with E-state index in [1.165, 1.54) is 18.6 Å². The number of imidazole rings is 1. The maximum absolute atomic E-state index is 15.9. The average molecular weight is 514 g/mol. The molecule has 0 N–H and O–H groups in total. The number of piperazine rings is 1. The quantitative estimate of drug-likeness (QED) is 0.384. The Morgan fingerprint density at radius 1 is 0.816 bits per heavy atom. The molecule has 0 saturated carbocycles. The van der Waals surface area contributed by atoms with E-state index in [1.54, 1.807) is 29.0 Å². The molecule has 6 rings (SSSR count). The first-order chi connectivity index (χ1) is 18.5. The Labute approximate surface area is 220 Å². The molecule has 0 atom stereocenters. The van der Waals surface area contributed by atoms with Crippen molar-refractivity contribution >= 4 is 22.5 Å². The number of rotatable bonds is 4. The minimum absolute atomic E-state index is 0.0498. The molecule has 0 radical (unpaired) electrons. The second-order valence-electron chi connectivity index (χ2n) is 10.1. The van der Waals surface area contributed by atoms with Crippen LogP contribution in [0.25, 0.3) is 28.2 Å². The largest absolute Gasteiger partial charge is 0.370 e. The van der Waals surface area contributed by atoms with Gasteiger partial charge in [-0.15, -0.1) is 0 Å². The van der Waals surface area contributed by atoms with E-state index in [4.69, 9.17) is 4.98 Å². The van der Waals surface area contributed by atoms with Gasteiger partial charge in [0.15, 0.2) is 5.65 Å². The van der Waals surface area contributed by atoms with Gasteiger partial charge in [-0.2, -0.15) is 5.26 Å². The lowest BCUT2D eigenvalue weighted by Gasteiger charge is -2.34. The van der Waals surface area contributed by atoms with Crippen molar-refractivity contribution in [2.24, 2.45) is 0 Å². The molecule has 38 heavy (non-hydrogen) atoms. The summed E-state index contributed by atoms with van der Waals surface area (Å²) >= 11 is 0. The van der Waals surface area contributed by atoms with E-state index in [2.05, 4.69) is 26.7 Å². The molecule has 4 heterocycles. The van der Waals surface area contributed by atoms with Crippen LogP contribution in [0.2, 0.25) is 0 Å². The summed E-state index contributed by atoms with van der Waals surface area (Å²) in [5, 5.41) is 9.21. The second kappa shape index (κ2) is 10.0. The van der Waals surface area contributed by atoms with Gasteiger partial charge in [-0.3, -0.25) is 4.57 Å². The Hall–Kier alpha value is -4.03. The maximum atomic E-state index is 15.9. The zero-order chi connectivity index (χ0) is 26.2. The molecule has 7 nitrogen and oxygen atoms in total. The highest BCUT2D eigenvalue weighted by Crippen LogP contribution is 2.35.